The lowest BCUT2D eigenvalue weighted by molar-refractivity contribution is -0.145. The smallest absolute Gasteiger partial charge is 0.109 e. The Balaban J connectivity index is 1.57. The largest absolute Gasteiger partial charge is 0.388 e. The monoisotopic (exact) mass is 204 g/mol. The SMILES string of the molecule is OC(COCC1CO1)C1COCCO1. The van der Waals surface area contributed by atoms with Crippen molar-refractivity contribution in [3.8, 4) is 0 Å². The summed E-state index contributed by atoms with van der Waals surface area (Å²) in [6.07, 6.45) is -0.608. The Kier molecular flexibility index (Phi) is 3.72. The van der Waals surface area contributed by atoms with E-state index in [0.29, 0.717) is 26.4 Å². The van der Waals surface area contributed by atoms with Crippen LogP contribution in [0.4, 0.5) is 0 Å². The predicted octanol–water partition coefficient (Wildman–Crippen LogP) is -0.822. The first-order valence-corrected chi connectivity index (χ1v) is 4.93. The van der Waals surface area contributed by atoms with Gasteiger partial charge >= 0.3 is 0 Å². The van der Waals surface area contributed by atoms with Crippen LogP contribution in [0.15, 0.2) is 0 Å². The maximum absolute atomic E-state index is 9.64. The lowest BCUT2D eigenvalue weighted by atomic mass is 10.2. The quantitative estimate of drug-likeness (QED) is 0.593. The van der Waals surface area contributed by atoms with Crippen molar-refractivity contribution < 1.29 is 24.1 Å². The Morgan fingerprint density at radius 1 is 1.29 bits per heavy atom. The van der Waals surface area contributed by atoms with Crippen LogP contribution in [0.1, 0.15) is 0 Å². The maximum Gasteiger partial charge on any atom is 0.109 e. The molecule has 0 saturated carbocycles. The minimum absolute atomic E-state index is 0.241. The fraction of sp³-hybridized carbons (Fsp3) is 1.00. The summed E-state index contributed by atoms with van der Waals surface area (Å²) in [5.74, 6) is 0. The van der Waals surface area contributed by atoms with Crippen LogP contribution in [0.5, 0.6) is 0 Å². The molecule has 0 bridgehead atoms. The van der Waals surface area contributed by atoms with Gasteiger partial charge in [-0.25, -0.2) is 0 Å². The first-order valence-electron chi connectivity index (χ1n) is 4.93. The third-order valence-electron chi connectivity index (χ3n) is 2.27. The fourth-order valence-corrected chi connectivity index (χ4v) is 1.32. The molecular weight excluding hydrogens is 188 g/mol. The summed E-state index contributed by atoms with van der Waals surface area (Å²) in [7, 11) is 0. The van der Waals surface area contributed by atoms with Crippen LogP contribution >= 0.6 is 0 Å². The van der Waals surface area contributed by atoms with E-state index in [9.17, 15) is 5.11 Å². The molecular formula is C9H16O5. The average molecular weight is 204 g/mol. The van der Waals surface area contributed by atoms with Gasteiger partial charge in [0.2, 0.25) is 0 Å². The second-order valence-corrected chi connectivity index (χ2v) is 3.54. The van der Waals surface area contributed by atoms with Gasteiger partial charge in [0.1, 0.15) is 18.3 Å². The molecule has 2 aliphatic rings. The van der Waals surface area contributed by atoms with Crippen molar-refractivity contribution in [2.45, 2.75) is 18.3 Å². The van der Waals surface area contributed by atoms with Crippen LogP contribution in [0.2, 0.25) is 0 Å². The molecule has 2 heterocycles. The lowest BCUT2D eigenvalue weighted by Gasteiger charge is -2.26. The van der Waals surface area contributed by atoms with Gasteiger partial charge in [-0.15, -0.1) is 0 Å². The van der Waals surface area contributed by atoms with Crippen LogP contribution < -0.4 is 0 Å². The number of aliphatic hydroxyl groups is 1. The highest BCUT2D eigenvalue weighted by Crippen LogP contribution is 2.10. The van der Waals surface area contributed by atoms with Crippen molar-refractivity contribution >= 4 is 0 Å². The van der Waals surface area contributed by atoms with E-state index in [0.717, 1.165) is 6.61 Å². The lowest BCUT2D eigenvalue weighted by Crippen LogP contribution is -2.41. The third kappa shape index (κ3) is 3.18. The summed E-state index contributed by atoms with van der Waals surface area (Å²) >= 11 is 0. The van der Waals surface area contributed by atoms with Crippen LogP contribution in [-0.2, 0) is 18.9 Å². The van der Waals surface area contributed by atoms with Gasteiger partial charge in [0.25, 0.3) is 0 Å². The van der Waals surface area contributed by atoms with Crippen LogP contribution in [0.3, 0.4) is 0 Å². The van der Waals surface area contributed by atoms with Gasteiger partial charge in [-0.3, -0.25) is 0 Å². The van der Waals surface area contributed by atoms with Gasteiger partial charge < -0.3 is 24.1 Å². The summed E-state index contributed by atoms with van der Waals surface area (Å²) in [4.78, 5) is 0. The van der Waals surface area contributed by atoms with E-state index in [1.807, 2.05) is 0 Å². The zero-order valence-electron chi connectivity index (χ0n) is 8.05. The molecule has 2 rings (SSSR count). The number of ether oxygens (including phenoxy) is 4. The van der Waals surface area contributed by atoms with Gasteiger partial charge in [-0.05, 0) is 0 Å². The molecule has 3 atom stereocenters. The molecule has 2 saturated heterocycles. The highest BCUT2D eigenvalue weighted by atomic mass is 16.6. The first-order chi connectivity index (χ1) is 6.86. The van der Waals surface area contributed by atoms with E-state index in [1.165, 1.54) is 0 Å². The van der Waals surface area contributed by atoms with Crippen molar-refractivity contribution in [2.24, 2.45) is 0 Å². The van der Waals surface area contributed by atoms with E-state index in [2.05, 4.69) is 0 Å². The molecule has 5 nitrogen and oxygen atoms in total. The fourth-order valence-electron chi connectivity index (χ4n) is 1.32. The highest BCUT2D eigenvalue weighted by Gasteiger charge is 2.26. The third-order valence-corrected chi connectivity index (χ3v) is 2.27. The number of aliphatic hydroxyl groups excluding tert-OH is 1. The van der Waals surface area contributed by atoms with Gasteiger partial charge in [-0.2, -0.15) is 0 Å². The summed E-state index contributed by atoms with van der Waals surface area (Å²) in [5, 5.41) is 9.64. The van der Waals surface area contributed by atoms with E-state index in [1.54, 1.807) is 0 Å². The molecule has 1 N–H and O–H groups in total. The molecule has 2 fully saturated rings. The van der Waals surface area contributed by atoms with Crippen molar-refractivity contribution in [2.75, 3.05) is 39.6 Å². The Labute approximate surface area is 82.9 Å². The molecule has 14 heavy (non-hydrogen) atoms. The summed E-state index contributed by atoms with van der Waals surface area (Å²) in [6.45, 7) is 3.23. The first kappa shape index (κ1) is 10.3. The Morgan fingerprint density at radius 3 is 2.79 bits per heavy atom. The van der Waals surface area contributed by atoms with Crippen LogP contribution in [0, 0.1) is 0 Å². The van der Waals surface area contributed by atoms with E-state index >= 15 is 0 Å². The molecule has 0 aliphatic carbocycles. The Morgan fingerprint density at radius 2 is 2.14 bits per heavy atom. The highest BCUT2D eigenvalue weighted by molar-refractivity contribution is 4.72. The number of hydrogen-bond acceptors (Lipinski definition) is 5. The van der Waals surface area contributed by atoms with Crippen molar-refractivity contribution in [1.29, 1.82) is 0 Å². The zero-order chi connectivity index (χ0) is 9.80. The topological polar surface area (TPSA) is 60.5 Å². The number of epoxide rings is 1. The normalized spacial score (nSPS) is 34.1. The minimum atomic E-state index is -0.603. The van der Waals surface area contributed by atoms with E-state index in [-0.39, 0.29) is 18.8 Å². The molecule has 0 radical (unpaired) electrons. The van der Waals surface area contributed by atoms with Gasteiger partial charge in [0, 0.05) is 0 Å². The van der Waals surface area contributed by atoms with Crippen LogP contribution in [-0.4, -0.2) is 63.1 Å². The molecule has 2 aliphatic heterocycles. The van der Waals surface area contributed by atoms with Crippen molar-refractivity contribution in [3.05, 3.63) is 0 Å². The molecule has 3 unspecified atom stereocenters. The summed E-state index contributed by atoms with van der Waals surface area (Å²) < 4.78 is 20.7. The van der Waals surface area contributed by atoms with E-state index < -0.39 is 6.10 Å². The molecule has 0 aromatic rings. The molecule has 0 spiro atoms. The summed E-state index contributed by atoms with van der Waals surface area (Å²) in [6, 6.07) is 0. The van der Waals surface area contributed by atoms with Crippen molar-refractivity contribution in [1.82, 2.24) is 0 Å². The molecule has 0 aromatic heterocycles. The predicted molar refractivity (Wildman–Crippen MR) is 47.1 cm³/mol. The molecule has 5 heteroatoms. The second-order valence-electron chi connectivity index (χ2n) is 3.54. The van der Waals surface area contributed by atoms with Gasteiger partial charge in [0.05, 0.1) is 39.6 Å². The number of hydrogen-bond donors (Lipinski definition) is 1. The zero-order valence-corrected chi connectivity index (χ0v) is 8.05. The second kappa shape index (κ2) is 5.04. The van der Waals surface area contributed by atoms with Gasteiger partial charge in [0.15, 0.2) is 0 Å². The molecule has 82 valence electrons. The maximum atomic E-state index is 9.64. The molecule has 0 aromatic carbocycles. The number of rotatable bonds is 5. The van der Waals surface area contributed by atoms with Crippen molar-refractivity contribution in [3.63, 3.8) is 0 Å². The summed E-state index contributed by atoms with van der Waals surface area (Å²) in [5.41, 5.74) is 0. The Bertz CT molecular complexity index is 165. The standard InChI is InChI=1S/C9H16O5/c10-8(5-12-3-7-4-14-7)9-6-11-1-2-13-9/h7-10H,1-6H2. The molecule has 0 amide bonds. The Hall–Kier alpha value is -0.200. The van der Waals surface area contributed by atoms with E-state index in [4.69, 9.17) is 18.9 Å². The minimum Gasteiger partial charge on any atom is -0.388 e. The van der Waals surface area contributed by atoms with Crippen LogP contribution in [0.25, 0.3) is 0 Å². The van der Waals surface area contributed by atoms with Gasteiger partial charge in [-0.1, -0.05) is 0 Å². The average Bonchev–Trinajstić information content (AvgIpc) is 3.03.